The number of rotatable bonds is 6. The highest BCUT2D eigenvalue weighted by Crippen LogP contribution is 2.24. The van der Waals surface area contributed by atoms with E-state index in [1.165, 1.54) is 7.05 Å². The molecule has 2 rings (SSSR count). The Morgan fingerprint density at radius 1 is 1.50 bits per heavy atom. The fraction of sp³-hybridized carbons (Fsp3) is 0.231. The van der Waals surface area contributed by atoms with E-state index < -0.39 is 17.5 Å². The molecule has 1 aromatic carbocycles. The van der Waals surface area contributed by atoms with Gasteiger partial charge in [-0.2, -0.15) is 0 Å². The number of carbonyl (C=O) groups excluding carboxylic acids is 2. The SMILES string of the molecule is CNC(=O)C(Nc1n[nH]c(=S)s1)C(N)(C=O)c1ccccc1. The van der Waals surface area contributed by atoms with E-state index in [4.69, 9.17) is 18.0 Å². The molecular weight excluding hydrogens is 322 g/mol. The summed E-state index contributed by atoms with van der Waals surface area (Å²) in [6.07, 6.45) is 0.557. The van der Waals surface area contributed by atoms with Gasteiger partial charge >= 0.3 is 0 Å². The van der Waals surface area contributed by atoms with Crippen LogP contribution in [0.1, 0.15) is 5.56 Å². The van der Waals surface area contributed by atoms with Gasteiger partial charge in [0.05, 0.1) is 0 Å². The van der Waals surface area contributed by atoms with Crippen molar-refractivity contribution in [3.8, 4) is 0 Å². The lowest BCUT2D eigenvalue weighted by Crippen LogP contribution is -2.59. The molecule has 2 atom stereocenters. The minimum absolute atomic E-state index is 0.381. The van der Waals surface area contributed by atoms with Crippen molar-refractivity contribution in [3.05, 3.63) is 39.8 Å². The number of aldehydes is 1. The van der Waals surface area contributed by atoms with Crippen molar-refractivity contribution in [2.45, 2.75) is 11.6 Å². The molecular formula is C13H15N5O2S2. The summed E-state index contributed by atoms with van der Waals surface area (Å²) in [5, 5.41) is 12.3. The van der Waals surface area contributed by atoms with Crippen LogP contribution in [0.25, 0.3) is 0 Å². The second kappa shape index (κ2) is 6.77. The zero-order valence-corrected chi connectivity index (χ0v) is 13.3. The van der Waals surface area contributed by atoms with Crippen molar-refractivity contribution >= 4 is 40.9 Å². The molecule has 0 fully saturated rings. The Balaban J connectivity index is 2.44. The number of anilines is 1. The monoisotopic (exact) mass is 337 g/mol. The van der Waals surface area contributed by atoms with Crippen LogP contribution in [0.5, 0.6) is 0 Å². The summed E-state index contributed by atoms with van der Waals surface area (Å²) < 4.78 is 0.451. The highest BCUT2D eigenvalue weighted by molar-refractivity contribution is 7.73. The molecule has 2 aromatic rings. The highest BCUT2D eigenvalue weighted by atomic mass is 32.1. The zero-order valence-electron chi connectivity index (χ0n) is 11.7. The Morgan fingerprint density at radius 2 is 2.18 bits per heavy atom. The summed E-state index contributed by atoms with van der Waals surface area (Å²) in [5.41, 5.74) is 5.21. The van der Waals surface area contributed by atoms with Gasteiger partial charge in [0.15, 0.2) is 3.95 Å². The quantitative estimate of drug-likeness (QED) is 0.458. The zero-order chi connectivity index (χ0) is 16.2. The van der Waals surface area contributed by atoms with Crippen LogP contribution in [-0.2, 0) is 15.1 Å². The Hall–Kier alpha value is -2.10. The lowest BCUT2D eigenvalue weighted by Gasteiger charge is -2.32. The van der Waals surface area contributed by atoms with Crippen molar-refractivity contribution in [1.82, 2.24) is 15.5 Å². The first kappa shape index (κ1) is 16.3. The molecule has 1 heterocycles. The number of nitrogens with two attached hydrogens (primary N) is 1. The summed E-state index contributed by atoms with van der Waals surface area (Å²) in [6.45, 7) is 0. The predicted molar refractivity (Wildman–Crippen MR) is 87.1 cm³/mol. The van der Waals surface area contributed by atoms with Gasteiger partial charge in [0.2, 0.25) is 11.0 Å². The number of benzene rings is 1. The van der Waals surface area contributed by atoms with E-state index in [2.05, 4.69) is 20.8 Å². The number of aromatic amines is 1. The van der Waals surface area contributed by atoms with Crippen molar-refractivity contribution in [2.75, 3.05) is 12.4 Å². The van der Waals surface area contributed by atoms with Gasteiger partial charge in [-0.05, 0) is 17.8 Å². The van der Waals surface area contributed by atoms with Crippen molar-refractivity contribution in [2.24, 2.45) is 5.73 Å². The first-order valence-corrected chi connectivity index (χ1v) is 7.58. The van der Waals surface area contributed by atoms with E-state index >= 15 is 0 Å². The van der Waals surface area contributed by atoms with Gasteiger partial charge in [-0.15, -0.1) is 5.10 Å². The van der Waals surface area contributed by atoms with Crippen molar-refractivity contribution < 1.29 is 9.59 Å². The van der Waals surface area contributed by atoms with E-state index in [0.717, 1.165) is 11.3 Å². The number of nitrogens with zero attached hydrogens (tertiary/aromatic N) is 1. The Bertz CT molecular complexity index is 714. The van der Waals surface area contributed by atoms with Crippen LogP contribution in [-0.4, -0.2) is 35.5 Å². The Kier molecular flexibility index (Phi) is 5.01. The third-order valence-electron chi connectivity index (χ3n) is 3.16. The van der Waals surface area contributed by atoms with Crippen LogP contribution in [0.15, 0.2) is 30.3 Å². The second-order valence-electron chi connectivity index (χ2n) is 4.53. The van der Waals surface area contributed by atoms with Crippen LogP contribution in [0.4, 0.5) is 5.13 Å². The summed E-state index contributed by atoms with van der Waals surface area (Å²) in [5.74, 6) is -0.431. The topological polar surface area (TPSA) is 113 Å². The number of hydrogen-bond acceptors (Lipinski definition) is 7. The third-order valence-corrected chi connectivity index (χ3v) is 4.18. The molecule has 0 aliphatic heterocycles. The van der Waals surface area contributed by atoms with Gasteiger partial charge in [0, 0.05) is 7.05 Å². The van der Waals surface area contributed by atoms with Gasteiger partial charge in [0.25, 0.3) is 0 Å². The molecule has 0 spiro atoms. The van der Waals surface area contributed by atoms with Crippen molar-refractivity contribution in [1.29, 1.82) is 0 Å². The molecule has 0 saturated heterocycles. The number of aromatic nitrogens is 2. The maximum atomic E-state index is 12.2. The van der Waals surface area contributed by atoms with E-state index in [-0.39, 0.29) is 0 Å². The number of nitrogens with one attached hydrogen (secondary N) is 3. The van der Waals surface area contributed by atoms with Crippen LogP contribution in [0.2, 0.25) is 0 Å². The molecule has 116 valence electrons. The van der Waals surface area contributed by atoms with E-state index in [1.54, 1.807) is 30.3 Å². The van der Waals surface area contributed by atoms with Crippen LogP contribution in [0, 0.1) is 3.95 Å². The Labute approximate surface area is 135 Å². The minimum atomic E-state index is -1.55. The molecule has 1 amide bonds. The predicted octanol–water partition coefficient (Wildman–Crippen LogP) is 0.780. The molecule has 9 heteroatoms. The Morgan fingerprint density at radius 3 is 2.68 bits per heavy atom. The summed E-state index contributed by atoms with van der Waals surface area (Å²) >= 11 is 6.11. The van der Waals surface area contributed by atoms with E-state index in [9.17, 15) is 9.59 Å². The summed E-state index contributed by atoms with van der Waals surface area (Å²) in [4.78, 5) is 23.9. The molecule has 22 heavy (non-hydrogen) atoms. The first-order valence-electron chi connectivity index (χ1n) is 6.35. The number of hydrogen-bond donors (Lipinski definition) is 4. The number of H-pyrrole nitrogens is 1. The van der Waals surface area contributed by atoms with Crippen LogP contribution < -0.4 is 16.4 Å². The van der Waals surface area contributed by atoms with Gasteiger partial charge < -0.3 is 21.2 Å². The fourth-order valence-electron chi connectivity index (χ4n) is 1.99. The molecule has 0 radical (unpaired) electrons. The molecule has 0 aliphatic rings. The lowest BCUT2D eigenvalue weighted by atomic mass is 9.84. The third kappa shape index (κ3) is 3.21. The largest absolute Gasteiger partial charge is 0.357 e. The molecule has 5 N–H and O–H groups in total. The van der Waals surface area contributed by atoms with E-state index in [0.29, 0.717) is 20.9 Å². The van der Waals surface area contributed by atoms with Crippen LogP contribution >= 0.6 is 23.6 Å². The smallest absolute Gasteiger partial charge is 0.245 e. The molecule has 0 saturated carbocycles. The maximum Gasteiger partial charge on any atom is 0.245 e. The van der Waals surface area contributed by atoms with Crippen molar-refractivity contribution in [3.63, 3.8) is 0 Å². The van der Waals surface area contributed by atoms with E-state index in [1.807, 2.05) is 0 Å². The number of likely N-dealkylation sites (N-methyl/N-ethyl adjacent to an activating group) is 1. The lowest BCUT2D eigenvalue weighted by molar-refractivity contribution is -0.126. The van der Waals surface area contributed by atoms with Crippen LogP contribution in [0.3, 0.4) is 0 Å². The minimum Gasteiger partial charge on any atom is -0.357 e. The second-order valence-corrected chi connectivity index (χ2v) is 6.19. The molecule has 7 nitrogen and oxygen atoms in total. The normalized spacial score (nSPS) is 14.6. The maximum absolute atomic E-state index is 12.2. The number of amides is 1. The average molecular weight is 337 g/mol. The highest BCUT2D eigenvalue weighted by Gasteiger charge is 2.41. The molecule has 2 unspecified atom stereocenters. The molecule has 0 aliphatic carbocycles. The van der Waals surface area contributed by atoms with Gasteiger partial charge in [-0.3, -0.25) is 9.89 Å². The summed E-state index contributed by atoms with van der Waals surface area (Å²) in [6, 6.07) is 7.65. The number of carbonyl (C=O) groups is 2. The molecule has 0 bridgehead atoms. The van der Waals surface area contributed by atoms with Gasteiger partial charge in [0.1, 0.15) is 17.9 Å². The van der Waals surface area contributed by atoms with Gasteiger partial charge in [-0.1, -0.05) is 41.7 Å². The summed E-state index contributed by atoms with van der Waals surface area (Å²) in [7, 11) is 1.47. The first-order chi connectivity index (χ1) is 10.5. The average Bonchev–Trinajstić information content (AvgIpc) is 2.97. The fourth-order valence-corrected chi connectivity index (χ4v) is 2.81. The van der Waals surface area contributed by atoms with Gasteiger partial charge in [-0.25, -0.2) is 0 Å². The molecule has 1 aromatic heterocycles. The standard InChI is InChI=1S/C13H15N5O2S2/c1-15-10(20)9(16-11-17-18-12(21)22-11)13(14,7-19)8-5-3-2-4-6-8/h2-7,9H,14H2,1H3,(H,15,20)(H,16,17)(H,18,21).